The number of hydrogen-bond acceptors (Lipinski definition) is 2. The lowest BCUT2D eigenvalue weighted by Crippen LogP contribution is -2.02. The molecule has 114 valence electrons. The normalized spacial score (nSPS) is 11.7. The first-order valence-electron chi connectivity index (χ1n) is 7.96. The van der Waals surface area contributed by atoms with Gasteiger partial charge >= 0.3 is 5.97 Å². The molecule has 0 aromatic heterocycles. The largest absolute Gasteiger partial charge is 0.465 e. The summed E-state index contributed by atoms with van der Waals surface area (Å²) in [5, 5.41) is 9.41. The molecule has 5 aromatic rings. The Morgan fingerprint density at radius 3 is 1.88 bits per heavy atom. The Labute approximate surface area is 138 Å². The molecule has 0 heterocycles. The highest BCUT2D eigenvalue weighted by Crippen LogP contribution is 2.40. The van der Waals surface area contributed by atoms with Crippen LogP contribution in [0.25, 0.3) is 43.1 Å². The van der Waals surface area contributed by atoms with Gasteiger partial charge in [0.15, 0.2) is 0 Å². The molecule has 0 amide bonds. The predicted octanol–water partition coefficient (Wildman–Crippen LogP) is 5.52. The number of esters is 1. The van der Waals surface area contributed by atoms with E-state index in [0.29, 0.717) is 5.56 Å². The highest BCUT2D eigenvalue weighted by atomic mass is 16.5. The van der Waals surface area contributed by atoms with Gasteiger partial charge in [0.2, 0.25) is 0 Å². The summed E-state index contributed by atoms with van der Waals surface area (Å²) in [6.07, 6.45) is 0. The number of ether oxygens (including phenoxy) is 1. The van der Waals surface area contributed by atoms with Gasteiger partial charge in [0, 0.05) is 0 Å². The van der Waals surface area contributed by atoms with Gasteiger partial charge in [0.1, 0.15) is 0 Å². The Kier molecular flexibility index (Phi) is 2.60. The fourth-order valence-corrected chi connectivity index (χ4v) is 3.93. The molecule has 0 atom stereocenters. The fraction of sp³-hybridized carbons (Fsp3) is 0.0455. The summed E-state index contributed by atoms with van der Waals surface area (Å²) in [5.74, 6) is -0.296. The van der Waals surface area contributed by atoms with Crippen LogP contribution in [0, 0.1) is 0 Å². The van der Waals surface area contributed by atoms with Gasteiger partial charge in [0.25, 0.3) is 0 Å². The first-order chi connectivity index (χ1) is 11.8. The number of carbonyl (C=O) groups excluding carboxylic acids is 1. The summed E-state index contributed by atoms with van der Waals surface area (Å²) in [6, 6.07) is 22.9. The van der Waals surface area contributed by atoms with Crippen LogP contribution in [0.1, 0.15) is 10.4 Å². The van der Waals surface area contributed by atoms with E-state index in [1.165, 1.54) is 39.4 Å². The third-order valence-electron chi connectivity index (χ3n) is 4.93. The maximum atomic E-state index is 12.2. The fourth-order valence-electron chi connectivity index (χ4n) is 3.93. The molecular weight excluding hydrogens is 296 g/mol. The summed E-state index contributed by atoms with van der Waals surface area (Å²) < 4.78 is 4.96. The van der Waals surface area contributed by atoms with E-state index in [4.69, 9.17) is 4.74 Å². The molecule has 0 radical (unpaired) electrons. The van der Waals surface area contributed by atoms with Gasteiger partial charge in [-0.3, -0.25) is 0 Å². The zero-order chi connectivity index (χ0) is 16.3. The van der Waals surface area contributed by atoms with Crippen molar-refractivity contribution in [2.45, 2.75) is 0 Å². The second kappa shape index (κ2) is 4.68. The number of carbonyl (C=O) groups is 1. The van der Waals surface area contributed by atoms with Crippen molar-refractivity contribution in [1.29, 1.82) is 0 Å². The van der Waals surface area contributed by atoms with Gasteiger partial charge in [-0.2, -0.15) is 0 Å². The molecule has 0 aliphatic rings. The summed E-state index contributed by atoms with van der Waals surface area (Å²) in [4.78, 5) is 12.2. The Bertz CT molecular complexity index is 1200. The topological polar surface area (TPSA) is 26.3 Å². The van der Waals surface area contributed by atoms with Gasteiger partial charge in [0.05, 0.1) is 12.7 Å². The van der Waals surface area contributed by atoms with E-state index in [2.05, 4.69) is 42.5 Å². The van der Waals surface area contributed by atoms with Gasteiger partial charge in [-0.25, -0.2) is 4.79 Å². The van der Waals surface area contributed by atoms with E-state index in [1.54, 1.807) is 0 Å². The average molecular weight is 310 g/mol. The van der Waals surface area contributed by atoms with Crippen LogP contribution < -0.4 is 0 Å². The van der Waals surface area contributed by atoms with Crippen LogP contribution in [-0.2, 0) is 4.74 Å². The molecule has 24 heavy (non-hydrogen) atoms. The van der Waals surface area contributed by atoms with Crippen molar-refractivity contribution in [1.82, 2.24) is 0 Å². The van der Waals surface area contributed by atoms with Gasteiger partial charge < -0.3 is 4.74 Å². The van der Waals surface area contributed by atoms with Crippen LogP contribution in [0.4, 0.5) is 0 Å². The van der Waals surface area contributed by atoms with Gasteiger partial charge in [-0.1, -0.05) is 60.7 Å². The molecule has 2 heteroatoms. The molecule has 0 aliphatic heterocycles. The molecule has 0 N–H and O–H groups in total. The standard InChI is InChI=1S/C22H14O2/c1-24-22(23)19-12-11-18-15-8-3-6-13-5-2-7-14(20(13)15)16-9-4-10-17(19)21(16)18/h2-12H,1H3. The van der Waals surface area contributed by atoms with Crippen LogP contribution in [0.3, 0.4) is 0 Å². The number of hydrogen-bond donors (Lipinski definition) is 0. The second-order valence-corrected chi connectivity index (χ2v) is 6.09. The van der Waals surface area contributed by atoms with Crippen LogP contribution in [-0.4, -0.2) is 13.1 Å². The highest BCUT2D eigenvalue weighted by molar-refractivity contribution is 6.34. The lowest BCUT2D eigenvalue weighted by molar-refractivity contribution is 0.0603. The van der Waals surface area contributed by atoms with E-state index < -0.39 is 0 Å². The summed E-state index contributed by atoms with van der Waals surface area (Å²) in [6.45, 7) is 0. The molecule has 0 spiro atoms. The van der Waals surface area contributed by atoms with Crippen molar-refractivity contribution >= 4 is 49.1 Å². The maximum Gasteiger partial charge on any atom is 0.338 e. The smallest absolute Gasteiger partial charge is 0.338 e. The van der Waals surface area contributed by atoms with Crippen molar-refractivity contribution in [3.8, 4) is 0 Å². The minimum Gasteiger partial charge on any atom is -0.465 e. The average Bonchev–Trinajstić information content (AvgIpc) is 2.65. The molecule has 0 saturated heterocycles. The monoisotopic (exact) mass is 310 g/mol. The molecule has 0 saturated carbocycles. The van der Waals surface area contributed by atoms with E-state index >= 15 is 0 Å². The van der Waals surface area contributed by atoms with E-state index in [0.717, 1.165) is 10.8 Å². The SMILES string of the molecule is COC(=O)c1ccc2c3cccc4cccc(c5cccc1c52)c43. The van der Waals surface area contributed by atoms with Crippen molar-refractivity contribution in [2.24, 2.45) is 0 Å². The maximum absolute atomic E-state index is 12.2. The molecule has 0 fully saturated rings. The zero-order valence-corrected chi connectivity index (χ0v) is 13.2. The Morgan fingerprint density at radius 1 is 0.667 bits per heavy atom. The third-order valence-corrected chi connectivity index (χ3v) is 4.93. The zero-order valence-electron chi connectivity index (χ0n) is 13.2. The van der Waals surface area contributed by atoms with Gasteiger partial charge in [-0.15, -0.1) is 0 Å². The summed E-state index contributed by atoms with van der Waals surface area (Å²) >= 11 is 0. The molecule has 0 aliphatic carbocycles. The number of fused-ring (bicyclic) bond motifs is 2. The van der Waals surface area contributed by atoms with E-state index in [1.807, 2.05) is 24.3 Å². The minimum absolute atomic E-state index is 0.296. The first kappa shape index (κ1) is 13.3. The van der Waals surface area contributed by atoms with Crippen LogP contribution >= 0.6 is 0 Å². The molecule has 0 unspecified atom stereocenters. The van der Waals surface area contributed by atoms with Gasteiger partial charge in [-0.05, 0) is 49.2 Å². The van der Waals surface area contributed by atoms with E-state index in [9.17, 15) is 4.79 Å². The van der Waals surface area contributed by atoms with Crippen LogP contribution in [0.2, 0.25) is 0 Å². The molecular formula is C22H14O2. The van der Waals surface area contributed by atoms with Crippen molar-refractivity contribution in [3.05, 3.63) is 72.3 Å². The number of benzene rings is 5. The quantitative estimate of drug-likeness (QED) is 0.231. The Balaban J connectivity index is 2.14. The summed E-state index contributed by atoms with van der Waals surface area (Å²) in [5.41, 5.74) is 0.615. The first-order valence-corrected chi connectivity index (χ1v) is 7.96. The molecule has 5 aromatic carbocycles. The molecule has 2 nitrogen and oxygen atoms in total. The lowest BCUT2D eigenvalue weighted by Gasteiger charge is -2.15. The third kappa shape index (κ3) is 1.57. The van der Waals surface area contributed by atoms with E-state index in [-0.39, 0.29) is 5.97 Å². The minimum atomic E-state index is -0.296. The molecule has 0 bridgehead atoms. The Hall–Kier alpha value is -3.13. The van der Waals surface area contributed by atoms with Crippen molar-refractivity contribution < 1.29 is 9.53 Å². The lowest BCUT2D eigenvalue weighted by atomic mass is 9.88. The van der Waals surface area contributed by atoms with Crippen LogP contribution in [0.15, 0.2) is 66.7 Å². The second-order valence-electron chi connectivity index (χ2n) is 6.09. The predicted molar refractivity (Wildman–Crippen MR) is 99.0 cm³/mol. The number of rotatable bonds is 1. The highest BCUT2D eigenvalue weighted by Gasteiger charge is 2.16. The number of methoxy groups -OCH3 is 1. The van der Waals surface area contributed by atoms with Crippen molar-refractivity contribution in [2.75, 3.05) is 7.11 Å². The van der Waals surface area contributed by atoms with Crippen LogP contribution in [0.5, 0.6) is 0 Å². The summed E-state index contributed by atoms with van der Waals surface area (Å²) in [7, 11) is 1.42. The van der Waals surface area contributed by atoms with Crippen molar-refractivity contribution in [3.63, 3.8) is 0 Å². The molecule has 5 rings (SSSR count). The Morgan fingerprint density at radius 2 is 1.21 bits per heavy atom.